The van der Waals surface area contributed by atoms with Crippen molar-refractivity contribution in [3.8, 4) is 0 Å². The molecule has 0 aliphatic carbocycles. The lowest BCUT2D eigenvalue weighted by Gasteiger charge is -2.24. The topological polar surface area (TPSA) is 55.6 Å². The number of rotatable bonds is 4. The van der Waals surface area contributed by atoms with Crippen LogP contribution in [0.2, 0.25) is 10.0 Å². The van der Waals surface area contributed by atoms with Crippen LogP contribution in [0.4, 0.5) is 5.69 Å². The maximum Gasteiger partial charge on any atom is 0.253 e. The largest absolute Gasteiger partial charge is 0.397 e. The summed E-state index contributed by atoms with van der Waals surface area (Å²) in [4.78, 5) is 14.3. The van der Waals surface area contributed by atoms with E-state index in [2.05, 4.69) is 0 Å². The van der Waals surface area contributed by atoms with Gasteiger partial charge in [-0.15, -0.1) is 0 Å². The van der Waals surface area contributed by atoms with Gasteiger partial charge in [0.2, 0.25) is 0 Å². The van der Waals surface area contributed by atoms with Crippen molar-refractivity contribution in [2.45, 2.75) is 13.3 Å². The monoisotopic (exact) mass is 316 g/mol. The van der Waals surface area contributed by atoms with Crippen LogP contribution in [-0.4, -0.2) is 37.1 Å². The number of carbonyl (C=O) groups excluding carboxylic acids is 1. The normalized spacial score (nSPS) is 18.2. The number of hydrogen-bond acceptors (Lipinski definition) is 3. The van der Waals surface area contributed by atoms with E-state index in [1.807, 2.05) is 6.92 Å². The van der Waals surface area contributed by atoms with Gasteiger partial charge in [0.25, 0.3) is 5.91 Å². The predicted molar refractivity (Wildman–Crippen MR) is 81.4 cm³/mol. The summed E-state index contributed by atoms with van der Waals surface area (Å²) >= 11 is 11.9. The minimum absolute atomic E-state index is 0.0790. The lowest BCUT2D eigenvalue weighted by Crippen LogP contribution is -2.35. The molecule has 0 radical (unpaired) electrons. The van der Waals surface area contributed by atoms with Crippen LogP contribution in [0.15, 0.2) is 12.1 Å². The van der Waals surface area contributed by atoms with Gasteiger partial charge in [0, 0.05) is 31.2 Å². The van der Waals surface area contributed by atoms with E-state index < -0.39 is 0 Å². The molecule has 20 heavy (non-hydrogen) atoms. The zero-order chi connectivity index (χ0) is 14.7. The number of carbonyl (C=O) groups is 1. The van der Waals surface area contributed by atoms with Crippen LogP contribution in [0.5, 0.6) is 0 Å². The number of nitrogens with two attached hydrogens (primary N) is 1. The van der Waals surface area contributed by atoms with Gasteiger partial charge in [0.15, 0.2) is 0 Å². The first kappa shape index (κ1) is 15.4. The Morgan fingerprint density at radius 2 is 2.25 bits per heavy atom. The summed E-state index contributed by atoms with van der Waals surface area (Å²) in [7, 11) is 0. The van der Waals surface area contributed by atoms with Crippen molar-refractivity contribution in [3.05, 3.63) is 27.7 Å². The quantitative estimate of drug-likeness (QED) is 0.868. The van der Waals surface area contributed by atoms with Crippen molar-refractivity contribution in [2.75, 3.05) is 32.0 Å². The van der Waals surface area contributed by atoms with Gasteiger partial charge in [0.1, 0.15) is 0 Å². The third-order valence-corrected chi connectivity index (χ3v) is 4.29. The molecule has 110 valence electrons. The van der Waals surface area contributed by atoms with Gasteiger partial charge in [-0.25, -0.2) is 0 Å². The van der Waals surface area contributed by atoms with Gasteiger partial charge >= 0.3 is 0 Å². The van der Waals surface area contributed by atoms with Gasteiger partial charge in [-0.2, -0.15) is 0 Å². The number of benzene rings is 1. The lowest BCUT2D eigenvalue weighted by atomic mass is 10.1. The summed E-state index contributed by atoms with van der Waals surface area (Å²) in [5.74, 6) is 0.323. The SMILES string of the molecule is CCN(CC1CCOC1)C(=O)c1cc(N)c(Cl)c(Cl)c1. The van der Waals surface area contributed by atoms with Crippen LogP contribution < -0.4 is 5.73 Å². The zero-order valence-corrected chi connectivity index (χ0v) is 12.9. The Morgan fingerprint density at radius 1 is 1.50 bits per heavy atom. The van der Waals surface area contributed by atoms with E-state index in [9.17, 15) is 4.79 Å². The van der Waals surface area contributed by atoms with Gasteiger partial charge < -0.3 is 15.4 Å². The third-order valence-electron chi connectivity index (χ3n) is 3.47. The minimum atomic E-state index is -0.0790. The first-order valence-electron chi connectivity index (χ1n) is 6.64. The number of nitrogens with zero attached hydrogens (tertiary/aromatic N) is 1. The first-order valence-corrected chi connectivity index (χ1v) is 7.40. The van der Waals surface area contributed by atoms with Crippen LogP contribution in [0.1, 0.15) is 23.7 Å². The molecule has 0 aromatic heterocycles. The molecule has 0 saturated carbocycles. The summed E-state index contributed by atoms with van der Waals surface area (Å²) in [6.45, 7) is 4.77. The van der Waals surface area contributed by atoms with Gasteiger partial charge in [-0.3, -0.25) is 4.79 Å². The highest BCUT2D eigenvalue weighted by molar-refractivity contribution is 6.43. The average Bonchev–Trinajstić information content (AvgIpc) is 2.93. The second kappa shape index (κ2) is 6.66. The number of halogens is 2. The molecule has 4 nitrogen and oxygen atoms in total. The summed E-state index contributed by atoms with van der Waals surface area (Å²) in [5, 5.41) is 0.589. The number of nitrogen functional groups attached to an aromatic ring is 1. The maximum absolute atomic E-state index is 12.5. The van der Waals surface area contributed by atoms with Crippen LogP contribution in [0, 0.1) is 5.92 Å². The van der Waals surface area contributed by atoms with Crippen molar-refractivity contribution in [1.82, 2.24) is 4.90 Å². The zero-order valence-electron chi connectivity index (χ0n) is 11.4. The second-order valence-corrected chi connectivity index (χ2v) is 5.72. The standard InChI is InChI=1S/C14H18Cl2N2O2/c1-2-18(7-9-3-4-20-8-9)14(19)10-5-11(15)13(16)12(17)6-10/h5-6,9H,2-4,7-8,17H2,1H3. The second-order valence-electron chi connectivity index (χ2n) is 4.93. The molecule has 2 N–H and O–H groups in total. The van der Waals surface area contributed by atoms with E-state index in [1.165, 1.54) is 0 Å². The highest BCUT2D eigenvalue weighted by Gasteiger charge is 2.23. The van der Waals surface area contributed by atoms with Crippen molar-refractivity contribution < 1.29 is 9.53 Å². The van der Waals surface area contributed by atoms with Gasteiger partial charge in [-0.05, 0) is 25.5 Å². The van der Waals surface area contributed by atoms with Crippen molar-refractivity contribution >= 4 is 34.8 Å². The maximum atomic E-state index is 12.5. The number of anilines is 1. The van der Waals surface area contributed by atoms with Crippen LogP contribution in [0.25, 0.3) is 0 Å². The van der Waals surface area contributed by atoms with Crippen LogP contribution in [-0.2, 0) is 4.74 Å². The molecule has 1 atom stereocenters. The third kappa shape index (κ3) is 3.37. The van der Waals surface area contributed by atoms with E-state index in [0.29, 0.717) is 41.9 Å². The van der Waals surface area contributed by atoms with Crippen molar-refractivity contribution in [3.63, 3.8) is 0 Å². The van der Waals surface area contributed by atoms with Crippen LogP contribution in [0.3, 0.4) is 0 Å². The van der Waals surface area contributed by atoms with Crippen molar-refractivity contribution in [2.24, 2.45) is 5.92 Å². The van der Waals surface area contributed by atoms with E-state index in [4.69, 9.17) is 33.7 Å². The first-order chi connectivity index (χ1) is 9.52. The summed E-state index contributed by atoms with van der Waals surface area (Å²) in [6, 6.07) is 3.14. The Labute approximate surface area is 128 Å². The number of hydrogen-bond donors (Lipinski definition) is 1. The number of ether oxygens (including phenoxy) is 1. The van der Waals surface area contributed by atoms with Crippen LogP contribution >= 0.6 is 23.2 Å². The van der Waals surface area contributed by atoms with E-state index in [0.717, 1.165) is 13.0 Å². The van der Waals surface area contributed by atoms with E-state index in [-0.39, 0.29) is 10.9 Å². The van der Waals surface area contributed by atoms with E-state index >= 15 is 0 Å². The molecule has 1 aromatic rings. The molecule has 1 amide bonds. The molecule has 1 aliphatic heterocycles. The molecule has 6 heteroatoms. The molecule has 1 aliphatic rings. The predicted octanol–water partition coefficient (Wildman–Crippen LogP) is 3.07. The molecule has 1 saturated heterocycles. The summed E-state index contributed by atoms with van der Waals surface area (Å²) < 4.78 is 5.35. The Morgan fingerprint density at radius 3 is 2.80 bits per heavy atom. The molecular weight excluding hydrogens is 299 g/mol. The molecule has 0 bridgehead atoms. The average molecular weight is 317 g/mol. The molecule has 1 heterocycles. The van der Waals surface area contributed by atoms with Crippen molar-refractivity contribution in [1.29, 1.82) is 0 Å². The summed E-state index contributed by atoms with van der Waals surface area (Å²) in [5.41, 5.74) is 6.55. The Hall–Kier alpha value is -0.970. The fraction of sp³-hybridized carbons (Fsp3) is 0.500. The number of amides is 1. The Kier molecular flexibility index (Phi) is 5.13. The highest BCUT2D eigenvalue weighted by atomic mass is 35.5. The van der Waals surface area contributed by atoms with E-state index in [1.54, 1.807) is 17.0 Å². The highest BCUT2D eigenvalue weighted by Crippen LogP contribution is 2.30. The molecule has 1 fully saturated rings. The molecule has 1 unspecified atom stereocenters. The smallest absolute Gasteiger partial charge is 0.253 e. The summed E-state index contributed by atoms with van der Waals surface area (Å²) in [6.07, 6.45) is 0.993. The lowest BCUT2D eigenvalue weighted by molar-refractivity contribution is 0.0731. The molecule has 2 rings (SSSR count). The Bertz CT molecular complexity index is 479. The fourth-order valence-corrected chi connectivity index (χ4v) is 2.65. The Balaban J connectivity index is 2.15. The van der Waals surface area contributed by atoms with Gasteiger partial charge in [0.05, 0.1) is 22.3 Å². The van der Waals surface area contributed by atoms with Gasteiger partial charge in [-0.1, -0.05) is 23.2 Å². The fourth-order valence-electron chi connectivity index (χ4n) is 2.31. The molecule has 1 aromatic carbocycles. The molecule has 0 spiro atoms. The minimum Gasteiger partial charge on any atom is -0.397 e. The molecular formula is C14H18Cl2N2O2.